The second kappa shape index (κ2) is 8.88. The second-order valence-corrected chi connectivity index (χ2v) is 8.47. The first kappa shape index (κ1) is 20.2. The standard InChI is InChI=1S/C18H37N3O2/c1-14(2)11-15(13-20(6)7)19-12-16-9-8-10-21(16)17(22)23-18(3,4)5/h14-16,19H,8-13H2,1-7H3. The highest BCUT2D eigenvalue weighted by atomic mass is 16.6. The van der Waals surface area contributed by atoms with Crippen molar-refractivity contribution in [3.05, 3.63) is 0 Å². The maximum atomic E-state index is 12.3. The Hall–Kier alpha value is -0.810. The van der Waals surface area contributed by atoms with E-state index in [4.69, 9.17) is 4.74 Å². The van der Waals surface area contributed by atoms with Gasteiger partial charge in [0, 0.05) is 31.7 Å². The lowest BCUT2D eigenvalue weighted by Gasteiger charge is -2.31. The molecule has 1 heterocycles. The lowest BCUT2D eigenvalue weighted by atomic mass is 10.0. The van der Waals surface area contributed by atoms with E-state index in [1.165, 1.54) is 0 Å². The average molecular weight is 328 g/mol. The van der Waals surface area contributed by atoms with Crippen molar-refractivity contribution in [3.63, 3.8) is 0 Å². The number of carbonyl (C=O) groups is 1. The third-order valence-electron chi connectivity index (χ3n) is 3.99. The fourth-order valence-electron chi connectivity index (χ4n) is 3.14. The van der Waals surface area contributed by atoms with Gasteiger partial charge in [-0.25, -0.2) is 4.79 Å². The second-order valence-electron chi connectivity index (χ2n) is 8.47. The third-order valence-corrected chi connectivity index (χ3v) is 3.99. The van der Waals surface area contributed by atoms with Crippen LogP contribution < -0.4 is 5.32 Å². The van der Waals surface area contributed by atoms with Gasteiger partial charge < -0.3 is 19.9 Å². The molecule has 5 heteroatoms. The van der Waals surface area contributed by atoms with Gasteiger partial charge in [0.1, 0.15) is 5.60 Å². The number of hydrogen-bond donors (Lipinski definition) is 1. The van der Waals surface area contributed by atoms with Gasteiger partial charge in [0.25, 0.3) is 0 Å². The maximum absolute atomic E-state index is 12.3. The first-order chi connectivity index (χ1) is 10.6. The van der Waals surface area contributed by atoms with E-state index in [9.17, 15) is 4.79 Å². The molecule has 0 aromatic rings. The van der Waals surface area contributed by atoms with Crippen LogP contribution in [-0.4, -0.2) is 67.3 Å². The Morgan fingerprint density at radius 1 is 1.35 bits per heavy atom. The Bertz CT molecular complexity index is 354. The minimum absolute atomic E-state index is 0.171. The van der Waals surface area contributed by atoms with E-state index in [1.807, 2.05) is 25.7 Å². The number of carbonyl (C=O) groups excluding carboxylic acids is 1. The van der Waals surface area contributed by atoms with Gasteiger partial charge in [-0.05, 0) is 60.0 Å². The van der Waals surface area contributed by atoms with Crippen molar-refractivity contribution >= 4 is 6.09 Å². The Morgan fingerprint density at radius 3 is 2.52 bits per heavy atom. The highest BCUT2D eigenvalue weighted by Crippen LogP contribution is 2.20. The number of nitrogens with zero attached hydrogens (tertiary/aromatic N) is 2. The Balaban J connectivity index is 2.54. The first-order valence-corrected chi connectivity index (χ1v) is 8.96. The van der Waals surface area contributed by atoms with Crippen LogP contribution in [0.15, 0.2) is 0 Å². The smallest absolute Gasteiger partial charge is 0.410 e. The van der Waals surface area contributed by atoms with Gasteiger partial charge in [0.2, 0.25) is 0 Å². The van der Waals surface area contributed by atoms with Crippen molar-refractivity contribution in [2.75, 3.05) is 33.7 Å². The number of likely N-dealkylation sites (tertiary alicyclic amines) is 1. The molecule has 0 spiro atoms. The summed E-state index contributed by atoms with van der Waals surface area (Å²) >= 11 is 0. The Morgan fingerprint density at radius 2 is 2.00 bits per heavy atom. The van der Waals surface area contributed by atoms with E-state index in [1.54, 1.807) is 0 Å². The van der Waals surface area contributed by atoms with Gasteiger partial charge in [-0.3, -0.25) is 0 Å². The summed E-state index contributed by atoms with van der Waals surface area (Å²) in [6.07, 6.45) is 3.10. The number of amides is 1. The highest BCUT2D eigenvalue weighted by Gasteiger charge is 2.32. The molecule has 2 atom stereocenters. The van der Waals surface area contributed by atoms with Crippen LogP contribution in [0.5, 0.6) is 0 Å². The van der Waals surface area contributed by atoms with Crippen molar-refractivity contribution in [1.29, 1.82) is 0 Å². The zero-order valence-electron chi connectivity index (χ0n) is 16.2. The predicted octanol–water partition coefficient (Wildman–Crippen LogP) is 2.95. The summed E-state index contributed by atoms with van der Waals surface area (Å²) in [5.74, 6) is 0.665. The van der Waals surface area contributed by atoms with E-state index in [2.05, 4.69) is 38.2 Å². The van der Waals surface area contributed by atoms with E-state index < -0.39 is 5.60 Å². The maximum Gasteiger partial charge on any atom is 0.410 e. The molecule has 1 fully saturated rings. The lowest BCUT2D eigenvalue weighted by Crippen LogP contribution is -2.48. The number of likely N-dealkylation sites (N-methyl/N-ethyl adjacent to an activating group) is 1. The van der Waals surface area contributed by atoms with Crippen LogP contribution in [0.2, 0.25) is 0 Å². The molecule has 0 aliphatic carbocycles. The van der Waals surface area contributed by atoms with Crippen LogP contribution in [0.3, 0.4) is 0 Å². The van der Waals surface area contributed by atoms with Gasteiger partial charge in [0.05, 0.1) is 0 Å². The lowest BCUT2D eigenvalue weighted by molar-refractivity contribution is 0.0223. The molecule has 1 aliphatic rings. The number of hydrogen-bond acceptors (Lipinski definition) is 4. The summed E-state index contributed by atoms with van der Waals surface area (Å²) in [6, 6.07) is 0.716. The van der Waals surface area contributed by atoms with Crippen LogP contribution in [-0.2, 0) is 4.74 Å². The molecule has 0 aromatic carbocycles. The normalized spacial score (nSPS) is 20.4. The topological polar surface area (TPSA) is 44.8 Å². The molecule has 136 valence electrons. The van der Waals surface area contributed by atoms with E-state index in [-0.39, 0.29) is 12.1 Å². The van der Waals surface area contributed by atoms with E-state index in [0.29, 0.717) is 12.0 Å². The quantitative estimate of drug-likeness (QED) is 0.781. The van der Waals surface area contributed by atoms with Crippen molar-refractivity contribution in [2.45, 2.75) is 71.6 Å². The van der Waals surface area contributed by atoms with E-state index in [0.717, 1.165) is 38.9 Å². The molecule has 1 rings (SSSR count). The molecule has 0 aromatic heterocycles. The number of ether oxygens (including phenoxy) is 1. The minimum Gasteiger partial charge on any atom is -0.444 e. The molecule has 1 saturated heterocycles. The molecule has 5 nitrogen and oxygen atoms in total. The van der Waals surface area contributed by atoms with Crippen LogP contribution in [0.1, 0.15) is 53.9 Å². The molecule has 23 heavy (non-hydrogen) atoms. The zero-order valence-corrected chi connectivity index (χ0v) is 16.2. The fourth-order valence-corrected chi connectivity index (χ4v) is 3.14. The van der Waals surface area contributed by atoms with Crippen molar-refractivity contribution in [3.8, 4) is 0 Å². The average Bonchev–Trinajstić information content (AvgIpc) is 2.80. The first-order valence-electron chi connectivity index (χ1n) is 8.96. The van der Waals surface area contributed by atoms with Gasteiger partial charge >= 0.3 is 6.09 Å². The summed E-state index contributed by atoms with van der Waals surface area (Å²) in [5, 5.41) is 3.68. The van der Waals surface area contributed by atoms with Crippen LogP contribution in [0, 0.1) is 5.92 Å². The molecule has 0 bridgehead atoms. The number of rotatable bonds is 7. The van der Waals surface area contributed by atoms with Gasteiger partial charge in [0.15, 0.2) is 0 Å². The summed E-state index contributed by atoms with van der Waals surface area (Å²) in [6.45, 7) is 13.0. The van der Waals surface area contributed by atoms with Gasteiger partial charge in [-0.15, -0.1) is 0 Å². The molecule has 1 aliphatic heterocycles. The van der Waals surface area contributed by atoms with Gasteiger partial charge in [-0.2, -0.15) is 0 Å². The molecular weight excluding hydrogens is 290 g/mol. The van der Waals surface area contributed by atoms with Crippen molar-refractivity contribution in [2.24, 2.45) is 5.92 Å². The van der Waals surface area contributed by atoms with Crippen LogP contribution >= 0.6 is 0 Å². The molecule has 2 unspecified atom stereocenters. The van der Waals surface area contributed by atoms with Crippen LogP contribution in [0.25, 0.3) is 0 Å². The van der Waals surface area contributed by atoms with Crippen LogP contribution in [0.4, 0.5) is 4.79 Å². The summed E-state index contributed by atoms with van der Waals surface area (Å²) < 4.78 is 5.54. The van der Waals surface area contributed by atoms with Crippen molar-refractivity contribution < 1.29 is 9.53 Å². The molecule has 0 radical (unpaired) electrons. The van der Waals surface area contributed by atoms with Gasteiger partial charge in [-0.1, -0.05) is 13.8 Å². The summed E-state index contributed by atoms with van der Waals surface area (Å²) in [5.41, 5.74) is -0.428. The predicted molar refractivity (Wildman–Crippen MR) is 95.8 cm³/mol. The summed E-state index contributed by atoms with van der Waals surface area (Å²) in [7, 11) is 4.22. The largest absolute Gasteiger partial charge is 0.444 e. The van der Waals surface area contributed by atoms with E-state index >= 15 is 0 Å². The zero-order chi connectivity index (χ0) is 17.6. The Kier molecular flexibility index (Phi) is 7.81. The minimum atomic E-state index is -0.428. The molecule has 1 amide bonds. The molecule has 1 N–H and O–H groups in total. The highest BCUT2D eigenvalue weighted by molar-refractivity contribution is 5.69. The Labute approximate surface area is 142 Å². The third kappa shape index (κ3) is 8.02. The fraction of sp³-hybridized carbons (Fsp3) is 0.944. The molecule has 0 saturated carbocycles. The SMILES string of the molecule is CC(C)CC(CN(C)C)NCC1CCCN1C(=O)OC(C)(C)C. The number of nitrogens with one attached hydrogen (secondary N) is 1. The monoisotopic (exact) mass is 327 g/mol. The summed E-state index contributed by atoms with van der Waals surface area (Å²) in [4.78, 5) is 16.5. The van der Waals surface area contributed by atoms with Crippen molar-refractivity contribution in [1.82, 2.24) is 15.1 Å². The molecular formula is C18H37N3O2.